The summed E-state index contributed by atoms with van der Waals surface area (Å²) >= 11 is 0. The molecular formula is C7H13N3. The molecule has 2 N–H and O–H groups in total. The van der Waals surface area contributed by atoms with Crippen LogP contribution in [0, 0.1) is 0 Å². The van der Waals surface area contributed by atoms with Crippen LogP contribution in [0.1, 0.15) is 18.3 Å². The highest BCUT2D eigenvalue weighted by atomic mass is 15.0. The molecule has 0 bridgehead atoms. The largest absolute Gasteiger partial charge is 0.336 e. The summed E-state index contributed by atoms with van der Waals surface area (Å²) in [6.45, 7) is 2.67. The number of nitrogens with zero attached hydrogens (tertiary/aromatic N) is 2. The van der Waals surface area contributed by atoms with Crippen LogP contribution in [-0.2, 0) is 20.0 Å². The molecule has 0 radical (unpaired) electrons. The van der Waals surface area contributed by atoms with Gasteiger partial charge >= 0.3 is 0 Å². The fraction of sp³-hybridized carbons (Fsp3) is 0.571. The van der Waals surface area contributed by atoms with E-state index in [1.165, 1.54) is 0 Å². The number of aryl methyl sites for hydroxylation is 2. The SMILES string of the molecule is CCc1ncn(C)c1CN. The van der Waals surface area contributed by atoms with E-state index >= 15 is 0 Å². The highest BCUT2D eigenvalue weighted by molar-refractivity contribution is 5.11. The monoisotopic (exact) mass is 139 g/mol. The van der Waals surface area contributed by atoms with Gasteiger partial charge in [0, 0.05) is 13.6 Å². The quantitative estimate of drug-likeness (QED) is 0.646. The van der Waals surface area contributed by atoms with Crippen LogP contribution in [0.2, 0.25) is 0 Å². The van der Waals surface area contributed by atoms with Gasteiger partial charge in [-0.2, -0.15) is 0 Å². The van der Waals surface area contributed by atoms with E-state index in [1.54, 1.807) is 6.33 Å². The van der Waals surface area contributed by atoms with Crippen molar-refractivity contribution in [2.45, 2.75) is 19.9 Å². The molecule has 0 saturated heterocycles. The Morgan fingerprint density at radius 3 is 2.80 bits per heavy atom. The average molecular weight is 139 g/mol. The van der Waals surface area contributed by atoms with E-state index in [0.29, 0.717) is 6.54 Å². The van der Waals surface area contributed by atoms with E-state index in [0.717, 1.165) is 17.8 Å². The third-order valence-corrected chi connectivity index (χ3v) is 1.67. The molecule has 1 rings (SSSR count). The highest BCUT2D eigenvalue weighted by Crippen LogP contribution is 2.04. The van der Waals surface area contributed by atoms with E-state index in [2.05, 4.69) is 11.9 Å². The Labute approximate surface area is 60.9 Å². The van der Waals surface area contributed by atoms with Gasteiger partial charge in [-0.3, -0.25) is 0 Å². The third-order valence-electron chi connectivity index (χ3n) is 1.67. The first-order valence-corrected chi connectivity index (χ1v) is 3.48. The minimum Gasteiger partial charge on any atom is -0.336 e. The van der Waals surface area contributed by atoms with Crippen LogP contribution in [0.4, 0.5) is 0 Å². The zero-order valence-corrected chi connectivity index (χ0v) is 6.46. The number of hydrogen-bond donors (Lipinski definition) is 1. The summed E-state index contributed by atoms with van der Waals surface area (Å²) < 4.78 is 1.97. The van der Waals surface area contributed by atoms with Crippen molar-refractivity contribution in [1.29, 1.82) is 0 Å². The molecule has 0 aliphatic heterocycles. The van der Waals surface area contributed by atoms with E-state index in [-0.39, 0.29) is 0 Å². The third kappa shape index (κ3) is 1.04. The molecule has 0 atom stereocenters. The highest BCUT2D eigenvalue weighted by Gasteiger charge is 2.02. The van der Waals surface area contributed by atoms with E-state index in [4.69, 9.17) is 5.73 Å². The Kier molecular flexibility index (Phi) is 2.06. The predicted octanol–water partition coefficient (Wildman–Crippen LogP) is 0.441. The predicted molar refractivity (Wildman–Crippen MR) is 40.5 cm³/mol. The van der Waals surface area contributed by atoms with Crippen molar-refractivity contribution < 1.29 is 0 Å². The number of imidazole rings is 1. The fourth-order valence-corrected chi connectivity index (χ4v) is 1.06. The van der Waals surface area contributed by atoms with Crippen molar-refractivity contribution in [1.82, 2.24) is 9.55 Å². The molecule has 0 unspecified atom stereocenters. The lowest BCUT2D eigenvalue weighted by Crippen LogP contribution is -2.05. The summed E-state index contributed by atoms with van der Waals surface area (Å²) in [5.41, 5.74) is 7.77. The molecule has 3 nitrogen and oxygen atoms in total. The van der Waals surface area contributed by atoms with Crippen LogP contribution in [0.15, 0.2) is 6.33 Å². The maximum Gasteiger partial charge on any atom is 0.0949 e. The molecule has 0 saturated carbocycles. The van der Waals surface area contributed by atoms with E-state index in [1.807, 2.05) is 11.6 Å². The molecule has 0 aliphatic rings. The van der Waals surface area contributed by atoms with Gasteiger partial charge in [0.2, 0.25) is 0 Å². The van der Waals surface area contributed by atoms with Crippen LogP contribution in [0.25, 0.3) is 0 Å². The number of hydrogen-bond acceptors (Lipinski definition) is 2. The van der Waals surface area contributed by atoms with Crippen molar-refractivity contribution in [2.75, 3.05) is 0 Å². The first kappa shape index (κ1) is 7.28. The summed E-state index contributed by atoms with van der Waals surface area (Å²) in [5, 5.41) is 0. The minimum absolute atomic E-state index is 0.583. The van der Waals surface area contributed by atoms with Crippen molar-refractivity contribution in [2.24, 2.45) is 12.8 Å². The lowest BCUT2D eigenvalue weighted by Gasteiger charge is -1.98. The number of nitrogens with two attached hydrogens (primary N) is 1. The van der Waals surface area contributed by atoms with Crippen LogP contribution in [0.3, 0.4) is 0 Å². The van der Waals surface area contributed by atoms with Gasteiger partial charge in [-0.25, -0.2) is 4.98 Å². The Hall–Kier alpha value is -0.830. The van der Waals surface area contributed by atoms with Gasteiger partial charge in [0.05, 0.1) is 17.7 Å². The molecule has 1 heterocycles. The fourth-order valence-electron chi connectivity index (χ4n) is 1.06. The first-order valence-electron chi connectivity index (χ1n) is 3.48. The van der Waals surface area contributed by atoms with Gasteiger partial charge in [0.15, 0.2) is 0 Å². The zero-order chi connectivity index (χ0) is 7.56. The minimum atomic E-state index is 0.583. The molecule has 0 amide bonds. The molecule has 1 aromatic heterocycles. The maximum absolute atomic E-state index is 5.51. The lowest BCUT2D eigenvalue weighted by molar-refractivity contribution is 0.810. The Morgan fingerprint density at radius 1 is 1.70 bits per heavy atom. The van der Waals surface area contributed by atoms with Crippen molar-refractivity contribution in [3.05, 3.63) is 17.7 Å². The van der Waals surface area contributed by atoms with Gasteiger partial charge in [0.1, 0.15) is 0 Å². The van der Waals surface area contributed by atoms with Crippen LogP contribution < -0.4 is 5.73 Å². The maximum atomic E-state index is 5.51. The lowest BCUT2D eigenvalue weighted by atomic mass is 10.2. The Morgan fingerprint density at radius 2 is 2.40 bits per heavy atom. The summed E-state index contributed by atoms with van der Waals surface area (Å²) in [5.74, 6) is 0. The summed E-state index contributed by atoms with van der Waals surface area (Å²) in [6.07, 6.45) is 2.77. The summed E-state index contributed by atoms with van der Waals surface area (Å²) in [4.78, 5) is 4.19. The van der Waals surface area contributed by atoms with Crippen molar-refractivity contribution in [3.63, 3.8) is 0 Å². The van der Waals surface area contributed by atoms with Gasteiger partial charge in [-0.05, 0) is 6.42 Å². The Balaban J connectivity index is 3.01. The normalized spacial score (nSPS) is 10.3. The zero-order valence-electron chi connectivity index (χ0n) is 6.46. The first-order chi connectivity index (χ1) is 4.79. The van der Waals surface area contributed by atoms with Gasteiger partial charge in [-0.15, -0.1) is 0 Å². The van der Waals surface area contributed by atoms with Crippen LogP contribution in [-0.4, -0.2) is 9.55 Å². The molecular weight excluding hydrogens is 126 g/mol. The second-order valence-electron chi connectivity index (χ2n) is 2.31. The molecule has 3 heteroatoms. The Bertz CT molecular complexity index is 215. The van der Waals surface area contributed by atoms with Crippen molar-refractivity contribution in [3.8, 4) is 0 Å². The second kappa shape index (κ2) is 2.84. The molecule has 56 valence electrons. The topological polar surface area (TPSA) is 43.8 Å². The standard InChI is InChI=1S/C7H13N3/c1-3-6-7(4-8)10(2)5-9-6/h5H,3-4,8H2,1-2H3. The summed E-state index contributed by atoms with van der Waals surface area (Å²) in [7, 11) is 1.97. The smallest absolute Gasteiger partial charge is 0.0949 e. The average Bonchev–Trinajstić information content (AvgIpc) is 2.30. The molecule has 1 aromatic rings. The van der Waals surface area contributed by atoms with E-state index < -0.39 is 0 Å². The second-order valence-corrected chi connectivity index (χ2v) is 2.31. The number of rotatable bonds is 2. The summed E-state index contributed by atoms with van der Waals surface area (Å²) in [6, 6.07) is 0. The molecule has 0 spiro atoms. The molecule has 0 fully saturated rings. The van der Waals surface area contributed by atoms with Crippen molar-refractivity contribution >= 4 is 0 Å². The van der Waals surface area contributed by atoms with Gasteiger partial charge in [0.25, 0.3) is 0 Å². The van der Waals surface area contributed by atoms with E-state index in [9.17, 15) is 0 Å². The molecule has 0 aromatic carbocycles. The van der Waals surface area contributed by atoms with Gasteiger partial charge < -0.3 is 10.3 Å². The van der Waals surface area contributed by atoms with Gasteiger partial charge in [-0.1, -0.05) is 6.92 Å². The van der Waals surface area contributed by atoms with Crippen LogP contribution >= 0.6 is 0 Å². The molecule has 10 heavy (non-hydrogen) atoms. The number of aromatic nitrogens is 2. The van der Waals surface area contributed by atoms with Crippen LogP contribution in [0.5, 0.6) is 0 Å². The molecule has 0 aliphatic carbocycles.